The molecule has 1 heterocycles. The summed E-state index contributed by atoms with van der Waals surface area (Å²) in [5, 5.41) is 6.32. The van der Waals surface area contributed by atoms with Crippen molar-refractivity contribution in [2.75, 3.05) is 10.6 Å². The maximum absolute atomic E-state index is 12.3. The summed E-state index contributed by atoms with van der Waals surface area (Å²) in [5.74, 6) is 0.506. The highest BCUT2D eigenvalue weighted by Gasteiger charge is 2.14. The summed E-state index contributed by atoms with van der Waals surface area (Å²) < 4.78 is 0. The van der Waals surface area contributed by atoms with Crippen LogP contribution in [0, 0.1) is 13.8 Å². The summed E-state index contributed by atoms with van der Waals surface area (Å²) in [5.41, 5.74) is 3.44. The highest BCUT2D eigenvalue weighted by Crippen LogP contribution is 2.20. The molecule has 1 aliphatic rings. The van der Waals surface area contributed by atoms with E-state index in [1.165, 1.54) is 50.3 Å². The van der Waals surface area contributed by atoms with Crippen molar-refractivity contribution < 1.29 is 4.79 Å². The standard InChI is InChI=1S/C20H26N4O/c1-14-9-10-17(11-15(14)2)24-20(25)18-12-22-19(13-21-18)23-16-7-5-3-4-6-8-16/h9-13,16H,3-8H2,1-2H3,(H,22,23)(H,24,25). The maximum atomic E-state index is 12.3. The van der Waals surface area contributed by atoms with Crippen LogP contribution in [0.4, 0.5) is 11.5 Å². The highest BCUT2D eigenvalue weighted by molar-refractivity contribution is 6.02. The second kappa shape index (κ2) is 8.10. The van der Waals surface area contributed by atoms with Gasteiger partial charge >= 0.3 is 0 Å². The van der Waals surface area contributed by atoms with E-state index in [4.69, 9.17) is 0 Å². The molecule has 2 aromatic rings. The molecule has 3 rings (SSSR count). The minimum absolute atomic E-state index is 0.239. The van der Waals surface area contributed by atoms with Gasteiger partial charge in [-0.3, -0.25) is 4.79 Å². The van der Waals surface area contributed by atoms with Crippen LogP contribution >= 0.6 is 0 Å². The van der Waals surface area contributed by atoms with Gasteiger partial charge in [0.05, 0.1) is 12.4 Å². The summed E-state index contributed by atoms with van der Waals surface area (Å²) in [4.78, 5) is 21.0. The minimum Gasteiger partial charge on any atom is -0.366 e. The molecule has 1 saturated carbocycles. The van der Waals surface area contributed by atoms with E-state index in [2.05, 4.69) is 20.6 Å². The Morgan fingerprint density at radius 1 is 1.00 bits per heavy atom. The average molecular weight is 338 g/mol. The number of nitrogens with one attached hydrogen (secondary N) is 2. The number of benzene rings is 1. The fourth-order valence-corrected chi connectivity index (χ4v) is 3.17. The van der Waals surface area contributed by atoms with Gasteiger partial charge < -0.3 is 10.6 Å². The topological polar surface area (TPSA) is 66.9 Å². The third-order valence-electron chi connectivity index (χ3n) is 4.86. The number of carbonyl (C=O) groups is 1. The van der Waals surface area contributed by atoms with Gasteiger partial charge in [0.2, 0.25) is 0 Å². The molecule has 5 heteroatoms. The number of hydrogen-bond acceptors (Lipinski definition) is 4. The predicted octanol–water partition coefficient (Wildman–Crippen LogP) is 4.48. The number of aryl methyl sites for hydroxylation is 2. The average Bonchev–Trinajstić information content (AvgIpc) is 2.87. The first-order valence-electron chi connectivity index (χ1n) is 9.09. The Morgan fingerprint density at radius 2 is 1.76 bits per heavy atom. The minimum atomic E-state index is -0.239. The monoisotopic (exact) mass is 338 g/mol. The molecule has 0 unspecified atom stereocenters. The number of aromatic nitrogens is 2. The third-order valence-corrected chi connectivity index (χ3v) is 4.86. The molecule has 2 N–H and O–H groups in total. The molecule has 25 heavy (non-hydrogen) atoms. The van der Waals surface area contributed by atoms with Crippen molar-refractivity contribution in [3.05, 3.63) is 47.4 Å². The van der Waals surface area contributed by atoms with Crippen LogP contribution in [-0.4, -0.2) is 21.9 Å². The maximum Gasteiger partial charge on any atom is 0.275 e. The lowest BCUT2D eigenvalue weighted by atomic mass is 10.1. The Morgan fingerprint density at radius 3 is 2.40 bits per heavy atom. The van der Waals surface area contributed by atoms with E-state index in [1.54, 1.807) is 6.20 Å². The summed E-state index contributed by atoms with van der Waals surface area (Å²) in [7, 11) is 0. The number of rotatable bonds is 4. The first kappa shape index (κ1) is 17.4. The van der Waals surface area contributed by atoms with Crippen molar-refractivity contribution in [1.29, 1.82) is 0 Å². The SMILES string of the molecule is Cc1ccc(NC(=O)c2cnc(NC3CCCCCC3)cn2)cc1C. The summed E-state index contributed by atoms with van der Waals surface area (Å²) in [6.45, 7) is 4.07. The Kier molecular flexibility index (Phi) is 5.64. The first-order chi connectivity index (χ1) is 12.1. The fraction of sp³-hybridized carbons (Fsp3) is 0.450. The lowest BCUT2D eigenvalue weighted by molar-refractivity contribution is 0.102. The van der Waals surface area contributed by atoms with Gasteiger partial charge in [-0.15, -0.1) is 0 Å². The van der Waals surface area contributed by atoms with Crippen LogP contribution in [0.5, 0.6) is 0 Å². The molecule has 1 amide bonds. The van der Waals surface area contributed by atoms with E-state index in [1.807, 2.05) is 32.0 Å². The van der Waals surface area contributed by atoms with Crippen molar-refractivity contribution >= 4 is 17.4 Å². The van der Waals surface area contributed by atoms with E-state index in [-0.39, 0.29) is 5.91 Å². The van der Waals surface area contributed by atoms with Gasteiger partial charge in [0.1, 0.15) is 11.5 Å². The molecule has 0 aliphatic heterocycles. The van der Waals surface area contributed by atoms with Crippen LogP contribution in [0.25, 0.3) is 0 Å². The smallest absolute Gasteiger partial charge is 0.275 e. The van der Waals surface area contributed by atoms with Crippen molar-refractivity contribution in [2.24, 2.45) is 0 Å². The van der Waals surface area contributed by atoms with Crippen molar-refractivity contribution in [2.45, 2.75) is 58.4 Å². The number of carbonyl (C=O) groups excluding carboxylic acids is 1. The van der Waals surface area contributed by atoms with Gasteiger partial charge in [0, 0.05) is 11.7 Å². The normalized spacial score (nSPS) is 15.4. The van der Waals surface area contributed by atoms with E-state index < -0.39 is 0 Å². The molecule has 5 nitrogen and oxygen atoms in total. The molecule has 1 fully saturated rings. The van der Waals surface area contributed by atoms with Gasteiger partial charge in [0.25, 0.3) is 5.91 Å². The van der Waals surface area contributed by atoms with Crippen molar-refractivity contribution in [3.8, 4) is 0 Å². The molecule has 1 aliphatic carbocycles. The molecule has 0 radical (unpaired) electrons. The van der Waals surface area contributed by atoms with Gasteiger partial charge in [-0.2, -0.15) is 0 Å². The second-order valence-corrected chi connectivity index (χ2v) is 6.87. The van der Waals surface area contributed by atoms with Crippen LogP contribution in [-0.2, 0) is 0 Å². The van der Waals surface area contributed by atoms with Crippen molar-refractivity contribution in [1.82, 2.24) is 9.97 Å². The summed E-state index contributed by atoms with van der Waals surface area (Å²) >= 11 is 0. The van der Waals surface area contributed by atoms with Gasteiger partial charge in [0.15, 0.2) is 0 Å². The molecular formula is C20H26N4O. The lowest BCUT2D eigenvalue weighted by Gasteiger charge is -2.16. The van der Waals surface area contributed by atoms with Crippen LogP contribution in [0.2, 0.25) is 0 Å². The first-order valence-corrected chi connectivity index (χ1v) is 9.09. The lowest BCUT2D eigenvalue weighted by Crippen LogP contribution is -2.20. The number of anilines is 2. The van der Waals surface area contributed by atoms with E-state index in [0.717, 1.165) is 17.1 Å². The Bertz CT molecular complexity index is 719. The van der Waals surface area contributed by atoms with Gasteiger partial charge in [-0.05, 0) is 49.9 Å². The Hall–Kier alpha value is -2.43. The number of hydrogen-bond donors (Lipinski definition) is 2. The van der Waals surface area contributed by atoms with E-state index >= 15 is 0 Å². The molecule has 0 spiro atoms. The Labute approximate surface area is 149 Å². The summed E-state index contributed by atoms with van der Waals surface area (Å²) in [6.07, 6.45) is 10.7. The number of nitrogens with zero attached hydrogens (tertiary/aromatic N) is 2. The second-order valence-electron chi connectivity index (χ2n) is 6.87. The van der Waals surface area contributed by atoms with E-state index in [9.17, 15) is 4.79 Å². The molecule has 0 saturated heterocycles. The quantitative estimate of drug-likeness (QED) is 0.807. The molecule has 132 valence electrons. The molecule has 0 bridgehead atoms. The van der Waals surface area contributed by atoms with Gasteiger partial charge in [-0.25, -0.2) is 9.97 Å². The largest absolute Gasteiger partial charge is 0.366 e. The van der Waals surface area contributed by atoms with Crippen molar-refractivity contribution in [3.63, 3.8) is 0 Å². The van der Waals surface area contributed by atoms with Crippen LogP contribution < -0.4 is 10.6 Å². The molecule has 1 aromatic carbocycles. The number of amides is 1. The van der Waals surface area contributed by atoms with Crippen LogP contribution in [0.3, 0.4) is 0 Å². The molecule has 0 atom stereocenters. The van der Waals surface area contributed by atoms with Crippen LogP contribution in [0.15, 0.2) is 30.6 Å². The zero-order valence-corrected chi connectivity index (χ0v) is 15.0. The third kappa shape index (κ3) is 4.78. The highest BCUT2D eigenvalue weighted by atomic mass is 16.1. The molecule has 1 aromatic heterocycles. The predicted molar refractivity (Wildman–Crippen MR) is 101 cm³/mol. The zero-order chi connectivity index (χ0) is 17.6. The van der Waals surface area contributed by atoms with Gasteiger partial charge in [-0.1, -0.05) is 31.7 Å². The summed E-state index contributed by atoms with van der Waals surface area (Å²) in [6, 6.07) is 6.32. The Balaban J connectivity index is 1.60. The zero-order valence-electron chi connectivity index (χ0n) is 15.0. The molecular weight excluding hydrogens is 312 g/mol. The fourth-order valence-electron chi connectivity index (χ4n) is 3.17. The van der Waals surface area contributed by atoms with E-state index in [0.29, 0.717) is 11.7 Å². The van der Waals surface area contributed by atoms with Crippen LogP contribution in [0.1, 0.15) is 60.1 Å².